The first-order chi connectivity index (χ1) is 11.1. The van der Waals surface area contributed by atoms with Crippen LogP contribution in [0.15, 0.2) is 27.7 Å². The van der Waals surface area contributed by atoms with E-state index in [9.17, 15) is 9.50 Å². The number of aliphatic hydroxyl groups is 1. The van der Waals surface area contributed by atoms with E-state index >= 15 is 0 Å². The van der Waals surface area contributed by atoms with Crippen LogP contribution in [0.25, 0.3) is 0 Å². The van der Waals surface area contributed by atoms with E-state index in [0.717, 1.165) is 50.2 Å². The lowest BCUT2D eigenvalue weighted by molar-refractivity contribution is 0.120. The summed E-state index contributed by atoms with van der Waals surface area (Å²) in [5.41, 5.74) is 1.05. The monoisotopic (exact) mass is 513 g/mol. The number of benzene rings is 1. The second-order valence-corrected chi connectivity index (χ2v) is 6.76. The quantitative estimate of drug-likeness (QED) is 0.320. The Morgan fingerprint density at radius 1 is 1.33 bits per heavy atom. The van der Waals surface area contributed by atoms with Gasteiger partial charge in [0.25, 0.3) is 0 Å². The molecule has 1 aromatic rings. The Kier molecular flexibility index (Phi) is 10.1. The van der Waals surface area contributed by atoms with Gasteiger partial charge >= 0.3 is 0 Å². The number of halogens is 3. The average molecular weight is 514 g/mol. The summed E-state index contributed by atoms with van der Waals surface area (Å²) in [5.74, 6) is 0.571. The predicted octanol–water partition coefficient (Wildman–Crippen LogP) is 3.61. The highest BCUT2D eigenvalue weighted by Crippen LogP contribution is 2.18. The number of rotatable bonds is 5. The van der Waals surface area contributed by atoms with Crippen molar-refractivity contribution in [2.75, 3.05) is 13.1 Å². The van der Waals surface area contributed by atoms with Crippen LogP contribution in [0.4, 0.5) is 4.39 Å². The maximum Gasteiger partial charge on any atom is 0.191 e. The third kappa shape index (κ3) is 7.23. The Morgan fingerprint density at radius 2 is 2.04 bits per heavy atom. The van der Waals surface area contributed by atoms with Gasteiger partial charge in [0.1, 0.15) is 5.82 Å². The lowest BCUT2D eigenvalue weighted by Gasteiger charge is -2.27. The van der Waals surface area contributed by atoms with Crippen molar-refractivity contribution in [3.8, 4) is 0 Å². The molecule has 136 valence electrons. The van der Waals surface area contributed by atoms with Gasteiger partial charge in [0.05, 0.1) is 10.6 Å². The summed E-state index contributed by atoms with van der Waals surface area (Å²) in [4.78, 5) is 4.60. The van der Waals surface area contributed by atoms with Gasteiger partial charge in [-0.1, -0.05) is 6.07 Å². The van der Waals surface area contributed by atoms with Gasteiger partial charge in [-0.2, -0.15) is 0 Å². The molecule has 1 saturated carbocycles. The van der Waals surface area contributed by atoms with Crippen molar-refractivity contribution < 1.29 is 9.50 Å². The summed E-state index contributed by atoms with van der Waals surface area (Å²) in [6, 6.07) is 5.43. The van der Waals surface area contributed by atoms with E-state index in [1.807, 2.05) is 6.92 Å². The molecule has 2 rings (SSSR count). The zero-order chi connectivity index (χ0) is 16.7. The van der Waals surface area contributed by atoms with E-state index in [1.165, 1.54) is 6.07 Å². The summed E-state index contributed by atoms with van der Waals surface area (Å²) in [6.07, 6.45) is 4.25. The van der Waals surface area contributed by atoms with Crippen LogP contribution in [-0.4, -0.2) is 36.3 Å². The first-order valence-electron chi connectivity index (χ1n) is 8.25. The van der Waals surface area contributed by atoms with E-state index in [0.29, 0.717) is 17.1 Å². The van der Waals surface area contributed by atoms with Gasteiger partial charge in [-0.15, -0.1) is 24.0 Å². The minimum Gasteiger partial charge on any atom is -0.393 e. The maximum atomic E-state index is 13.2. The van der Waals surface area contributed by atoms with Gasteiger partial charge in [-0.3, -0.25) is 4.99 Å². The molecule has 0 heterocycles. The average Bonchev–Trinajstić information content (AvgIpc) is 2.53. The van der Waals surface area contributed by atoms with Crippen LogP contribution in [0.1, 0.15) is 38.2 Å². The zero-order valence-electron chi connectivity index (χ0n) is 13.9. The number of nitrogens with zero attached hydrogens (tertiary/aromatic N) is 1. The Balaban J connectivity index is 0.00000288. The number of aliphatic hydroxyl groups excluding tert-OH is 1. The molecular formula is C17H26BrFIN3O. The fourth-order valence-electron chi connectivity index (χ4n) is 2.73. The molecule has 3 N–H and O–H groups in total. The topological polar surface area (TPSA) is 56.7 Å². The Morgan fingerprint density at radius 3 is 2.67 bits per heavy atom. The molecular weight excluding hydrogens is 488 g/mol. The molecule has 0 radical (unpaired) electrons. The van der Waals surface area contributed by atoms with Gasteiger partial charge in [0, 0.05) is 19.1 Å². The van der Waals surface area contributed by atoms with Crippen molar-refractivity contribution in [3.05, 3.63) is 34.1 Å². The number of hydrogen-bond donors (Lipinski definition) is 3. The van der Waals surface area contributed by atoms with E-state index in [1.54, 1.807) is 12.1 Å². The minimum absolute atomic E-state index is 0. The Hall–Kier alpha value is -0.410. The van der Waals surface area contributed by atoms with Crippen molar-refractivity contribution in [2.45, 2.75) is 51.2 Å². The highest BCUT2D eigenvalue weighted by Gasteiger charge is 2.19. The van der Waals surface area contributed by atoms with Crippen molar-refractivity contribution in [1.29, 1.82) is 0 Å². The minimum atomic E-state index is -0.244. The molecule has 0 aliphatic heterocycles. The molecule has 0 aromatic heterocycles. The fourth-order valence-corrected chi connectivity index (χ4v) is 3.15. The van der Waals surface area contributed by atoms with Crippen molar-refractivity contribution >= 4 is 45.9 Å². The van der Waals surface area contributed by atoms with Crippen LogP contribution in [0.5, 0.6) is 0 Å². The smallest absolute Gasteiger partial charge is 0.191 e. The number of hydrogen-bond acceptors (Lipinski definition) is 2. The zero-order valence-corrected chi connectivity index (χ0v) is 17.8. The van der Waals surface area contributed by atoms with Crippen LogP contribution in [0.3, 0.4) is 0 Å². The van der Waals surface area contributed by atoms with Crippen LogP contribution in [-0.2, 0) is 6.42 Å². The molecule has 1 aromatic carbocycles. The van der Waals surface area contributed by atoms with Crippen molar-refractivity contribution in [2.24, 2.45) is 4.99 Å². The molecule has 1 fully saturated rings. The van der Waals surface area contributed by atoms with Gasteiger partial charge < -0.3 is 15.7 Å². The van der Waals surface area contributed by atoms with Crippen LogP contribution < -0.4 is 10.6 Å². The van der Waals surface area contributed by atoms with Gasteiger partial charge in [-0.05, 0) is 72.7 Å². The molecule has 24 heavy (non-hydrogen) atoms. The predicted molar refractivity (Wildman–Crippen MR) is 111 cm³/mol. The fraction of sp³-hybridized carbons (Fsp3) is 0.588. The normalized spacial score (nSPS) is 21.1. The van der Waals surface area contributed by atoms with Gasteiger partial charge in [0.15, 0.2) is 5.96 Å². The van der Waals surface area contributed by atoms with Gasteiger partial charge in [-0.25, -0.2) is 4.39 Å². The number of guanidine groups is 1. The molecule has 0 atom stereocenters. The third-order valence-corrected chi connectivity index (χ3v) is 4.64. The van der Waals surface area contributed by atoms with Crippen molar-refractivity contribution in [3.63, 3.8) is 0 Å². The summed E-state index contributed by atoms with van der Waals surface area (Å²) < 4.78 is 13.7. The molecule has 0 bridgehead atoms. The van der Waals surface area contributed by atoms with E-state index in [4.69, 9.17) is 0 Å². The first-order valence-corrected chi connectivity index (χ1v) is 9.04. The van der Waals surface area contributed by atoms with Crippen LogP contribution in [0.2, 0.25) is 0 Å². The Labute approximate surface area is 168 Å². The summed E-state index contributed by atoms with van der Waals surface area (Å²) in [7, 11) is 0. The molecule has 0 saturated heterocycles. The van der Waals surface area contributed by atoms with E-state index in [-0.39, 0.29) is 35.9 Å². The SMILES string of the molecule is CCNC(=NCCc1ccc(F)c(Br)c1)NC1CCC(O)CC1.I. The molecule has 7 heteroatoms. The Bertz CT molecular complexity index is 537. The lowest BCUT2D eigenvalue weighted by Crippen LogP contribution is -2.45. The second kappa shape index (κ2) is 11.3. The molecule has 0 amide bonds. The van der Waals surface area contributed by atoms with Crippen LogP contribution in [0, 0.1) is 5.82 Å². The highest BCUT2D eigenvalue weighted by molar-refractivity contribution is 14.0. The molecule has 4 nitrogen and oxygen atoms in total. The molecule has 0 spiro atoms. The summed E-state index contributed by atoms with van der Waals surface area (Å²) >= 11 is 3.21. The van der Waals surface area contributed by atoms with E-state index < -0.39 is 0 Å². The highest BCUT2D eigenvalue weighted by atomic mass is 127. The molecule has 0 unspecified atom stereocenters. The standard InChI is InChI=1S/C17H25BrFN3O.HI/c1-2-20-17(22-13-4-6-14(23)7-5-13)21-10-9-12-3-8-16(19)15(18)11-12;/h3,8,11,13-14,23H,2,4-7,9-10H2,1H3,(H2,20,21,22);1H. The molecule has 1 aliphatic rings. The number of aliphatic imine (C=N–C) groups is 1. The van der Waals surface area contributed by atoms with Crippen molar-refractivity contribution in [1.82, 2.24) is 10.6 Å². The molecule has 1 aliphatic carbocycles. The maximum absolute atomic E-state index is 13.2. The van der Waals surface area contributed by atoms with Crippen LogP contribution >= 0.6 is 39.9 Å². The second-order valence-electron chi connectivity index (χ2n) is 5.91. The first kappa shape index (κ1) is 21.6. The lowest BCUT2D eigenvalue weighted by atomic mass is 9.93. The van der Waals surface area contributed by atoms with E-state index in [2.05, 4.69) is 31.6 Å². The van der Waals surface area contributed by atoms with Gasteiger partial charge in [0.2, 0.25) is 0 Å². The largest absolute Gasteiger partial charge is 0.393 e. The third-order valence-electron chi connectivity index (χ3n) is 4.04. The summed E-state index contributed by atoms with van der Waals surface area (Å²) in [5, 5.41) is 16.3. The summed E-state index contributed by atoms with van der Waals surface area (Å²) in [6.45, 7) is 3.49. The number of nitrogens with one attached hydrogen (secondary N) is 2.